The summed E-state index contributed by atoms with van der Waals surface area (Å²) >= 11 is 3.24. The molecule has 2 aromatic rings. The van der Waals surface area contributed by atoms with Crippen molar-refractivity contribution < 1.29 is 8.78 Å². The van der Waals surface area contributed by atoms with Crippen molar-refractivity contribution in [3.63, 3.8) is 0 Å². The molecule has 0 bridgehead atoms. The number of rotatable bonds is 3. The van der Waals surface area contributed by atoms with E-state index < -0.39 is 11.9 Å². The van der Waals surface area contributed by atoms with E-state index in [1.165, 1.54) is 24.4 Å². The number of hydrazine groups is 1. The van der Waals surface area contributed by atoms with Crippen LogP contribution in [0.1, 0.15) is 17.2 Å². The molecule has 2 rings (SSSR count). The highest BCUT2D eigenvalue weighted by molar-refractivity contribution is 9.10. The van der Waals surface area contributed by atoms with Gasteiger partial charge in [-0.15, -0.1) is 0 Å². The smallest absolute Gasteiger partial charge is 0.146 e. The van der Waals surface area contributed by atoms with Gasteiger partial charge in [0.25, 0.3) is 0 Å². The normalized spacial score (nSPS) is 12.4. The first-order valence-electron chi connectivity index (χ1n) is 5.14. The number of pyridine rings is 1. The van der Waals surface area contributed by atoms with E-state index in [9.17, 15) is 8.78 Å². The third-order valence-corrected chi connectivity index (χ3v) is 3.24. The number of benzene rings is 1. The van der Waals surface area contributed by atoms with Crippen molar-refractivity contribution in [3.8, 4) is 0 Å². The van der Waals surface area contributed by atoms with Crippen LogP contribution in [-0.4, -0.2) is 4.98 Å². The number of halogens is 3. The topological polar surface area (TPSA) is 50.9 Å². The molecule has 6 heteroatoms. The van der Waals surface area contributed by atoms with E-state index in [0.29, 0.717) is 15.6 Å². The van der Waals surface area contributed by atoms with Gasteiger partial charge >= 0.3 is 0 Å². The van der Waals surface area contributed by atoms with Gasteiger partial charge in [-0.25, -0.2) is 14.2 Å². The van der Waals surface area contributed by atoms with E-state index in [2.05, 4.69) is 26.3 Å². The summed E-state index contributed by atoms with van der Waals surface area (Å²) in [7, 11) is 0. The number of hydrogen-bond donors (Lipinski definition) is 2. The highest BCUT2D eigenvalue weighted by Crippen LogP contribution is 2.29. The largest absolute Gasteiger partial charge is 0.271 e. The van der Waals surface area contributed by atoms with E-state index >= 15 is 0 Å². The van der Waals surface area contributed by atoms with Crippen molar-refractivity contribution in [2.24, 2.45) is 5.84 Å². The van der Waals surface area contributed by atoms with Gasteiger partial charge in [0.1, 0.15) is 11.6 Å². The van der Waals surface area contributed by atoms with Gasteiger partial charge in [-0.3, -0.25) is 10.8 Å². The van der Waals surface area contributed by atoms with Gasteiger partial charge in [0.05, 0.1) is 12.2 Å². The Hall–Kier alpha value is -1.37. The Bertz CT molecular complexity index is 563. The third kappa shape index (κ3) is 2.55. The zero-order chi connectivity index (χ0) is 13.1. The molecule has 0 amide bonds. The van der Waals surface area contributed by atoms with E-state index in [1.54, 1.807) is 6.07 Å². The maximum absolute atomic E-state index is 13.7. The minimum atomic E-state index is -0.581. The number of nitrogens with one attached hydrogen (secondary N) is 1. The fourth-order valence-electron chi connectivity index (χ4n) is 1.70. The van der Waals surface area contributed by atoms with Crippen molar-refractivity contribution in [2.45, 2.75) is 6.04 Å². The Balaban J connectivity index is 2.49. The van der Waals surface area contributed by atoms with Crippen molar-refractivity contribution in [2.75, 3.05) is 0 Å². The molecule has 0 saturated heterocycles. The Labute approximate surface area is 111 Å². The molecule has 0 aliphatic rings. The van der Waals surface area contributed by atoms with Gasteiger partial charge in [0.15, 0.2) is 0 Å². The number of aromatic nitrogens is 1. The molecule has 0 radical (unpaired) electrons. The van der Waals surface area contributed by atoms with Crippen LogP contribution in [0.15, 0.2) is 41.1 Å². The summed E-state index contributed by atoms with van der Waals surface area (Å²) < 4.78 is 27.2. The molecule has 1 unspecified atom stereocenters. The third-order valence-electron chi connectivity index (χ3n) is 2.55. The first kappa shape index (κ1) is 13.1. The Morgan fingerprint density at radius 1 is 1.22 bits per heavy atom. The van der Waals surface area contributed by atoms with Crippen LogP contribution in [0.25, 0.3) is 0 Å². The summed E-state index contributed by atoms with van der Waals surface area (Å²) in [5.41, 5.74) is 3.51. The molecule has 0 spiro atoms. The highest BCUT2D eigenvalue weighted by atomic mass is 79.9. The van der Waals surface area contributed by atoms with Crippen molar-refractivity contribution in [1.29, 1.82) is 0 Å². The molecule has 1 heterocycles. The summed E-state index contributed by atoms with van der Waals surface area (Å²) in [6.45, 7) is 0. The molecule has 0 saturated carbocycles. The number of hydrogen-bond acceptors (Lipinski definition) is 3. The fraction of sp³-hybridized carbons (Fsp3) is 0.0833. The molecule has 3 N–H and O–H groups in total. The molecule has 18 heavy (non-hydrogen) atoms. The molecule has 0 aliphatic heterocycles. The van der Waals surface area contributed by atoms with Gasteiger partial charge in [-0.2, -0.15) is 0 Å². The lowest BCUT2D eigenvalue weighted by Gasteiger charge is -2.18. The van der Waals surface area contributed by atoms with Crippen LogP contribution in [0.2, 0.25) is 0 Å². The minimum absolute atomic E-state index is 0.347. The summed E-state index contributed by atoms with van der Waals surface area (Å²) in [4.78, 5) is 3.68. The minimum Gasteiger partial charge on any atom is -0.271 e. The maximum atomic E-state index is 13.7. The molecule has 94 valence electrons. The predicted octanol–water partition coefficient (Wildman–Crippen LogP) is 2.68. The molecule has 1 aromatic carbocycles. The lowest BCUT2D eigenvalue weighted by molar-refractivity contribution is 0.553. The molecule has 0 aliphatic carbocycles. The summed E-state index contributed by atoms with van der Waals surface area (Å²) in [6, 6.07) is 5.09. The average molecular weight is 314 g/mol. The second-order valence-corrected chi connectivity index (χ2v) is 4.52. The molecular weight excluding hydrogens is 304 g/mol. The molecule has 1 atom stereocenters. The standard InChI is InChI=1S/C12H10BrF2N3/c13-10-5-7(14)1-2-8(10)12(18-16)9-3-4-17-6-11(9)15/h1-6,12,18H,16H2. The van der Waals surface area contributed by atoms with Crippen LogP contribution in [0, 0.1) is 11.6 Å². The average Bonchev–Trinajstić information content (AvgIpc) is 2.34. The predicted molar refractivity (Wildman–Crippen MR) is 67.5 cm³/mol. The van der Waals surface area contributed by atoms with Crippen LogP contribution < -0.4 is 11.3 Å². The van der Waals surface area contributed by atoms with Crippen LogP contribution in [0.4, 0.5) is 8.78 Å². The van der Waals surface area contributed by atoms with Crippen molar-refractivity contribution >= 4 is 15.9 Å². The lowest BCUT2D eigenvalue weighted by Crippen LogP contribution is -2.29. The molecule has 0 fully saturated rings. The Morgan fingerprint density at radius 3 is 2.61 bits per heavy atom. The summed E-state index contributed by atoms with van der Waals surface area (Å²) in [5, 5.41) is 0. The molecular formula is C12H10BrF2N3. The van der Waals surface area contributed by atoms with Crippen LogP contribution >= 0.6 is 15.9 Å². The molecule has 1 aromatic heterocycles. The summed E-state index contributed by atoms with van der Waals surface area (Å²) in [6.07, 6.45) is 2.58. The second-order valence-electron chi connectivity index (χ2n) is 3.66. The van der Waals surface area contributed by atoms with Crippen LogP contribution in [-0.2, 0) is 0 Å². The van der Waals surface area contributed by atoms with Gasteiger partial charge in [-0.05, 0) is 23.8 Å². The maximum Gasteiger partial charge on any atom is 0.146 e. The van der Waals surface area contributed by atoms with Gasteiger partial charge in [0.2, 0.25) is 0 Å². The van der Waals surface area contributed by atoms with E-state index in [-0.39, 0.29) is 5.82 Å². The zero-order valence-electron chi connectivity index (χ0n) is 9.20. The van der Waals surface area contributed by atoms with Gasteiger partial charge < -0.3 is 0 Å². The number of nitrogens with two attached hydrogens (primary N) is 1. The Morgan fingerprint density at radius 2 is 2.00 bits per heavy atom. The van der Waals surface area contributed by atoms with Crippen molar-refractivity contribution in [1.82, 2.24) is 10.4 Å². The lowest BCUT2D eigenvalue weighted by atomic mass is 10.00. The first-order valence-corrected chi connectivity index (χ1v) is 5.93. The highest BCUT2D eigenvalue weighted by Gasteiger charge is 2.19. The SMILES string of the molecule is NNC(c1ccncc1F)c1ccc(F)cc1Br. The van der Waals surface area contributed by atoms with Gasteiger partial charge in [0, 0.05) is 16.2 Å². The number of nitrogens with zero attached hydrogens (tertiary/aromatic N) is 1. The van der Waals surface area contributed by atoms with E-state index in [1.807, 2.05) is 0 Å². The van der Waals surface area contributed by atoms with Crippen LogP contribution in [0.3, 0.4) is 0 Å². The fourth-order valence-corrected chi connectivity index (χ4v) is 2.28. The van der Waals surface area contributed by atoms with Gasteiger partial charge in [-0.1, -0.05) is 22.0 Å². The van der Waals surface area contributed by atoms with Crippen molar-refractivity contribution in [3.05, 3.63) is 63.9 Å². The van der Waals surface area contributed by atoms with E-state index in [0.717, 1.165) is 6.20 Å². The monoisotopic (exact) mass is 313 g/mol. The first-order chi connectivity index (χ1) is 8.63. The zero-order valence-corrected chi connectivity index (χ0v) is 10.8. The quantitative estimate of drug-likeness (QED) is 0.676. The van der Waals surface area contributed by atoms with E-state index in [4.69, 9.17) is 5.84 Å². The molecule has 3 nitrogen and oxygen atoms in total. The van der Waals surface area contributed by atoms with Crippen LogP contribution in [0.5, 0.6) is 0 Å². The Kier molecular flexibility index (Phi) is 4.00. The second kappa shape index (κ2) is 5.51. The summed E-state index contributed by atoms with van der Waals surface area (Å²) in [5.74, 6) is 4.61.